The Morgan fingerprint density at radius 2 is 1.91 bits per heavy atom. The van der Waals surface area contributed by atoms with Crippen LogP contribution in [0.3, 0.4) is 0 Å². The predicted octanol–water partition coefficient (Wildman–Crippen LogP) is 4.17. The van der Waals surface area contributed by atoms with Crippen molar-refractivity contribution >= 4 is 6.03 Å². The Labute approximate surface area is 128 Å². The Morgan fingerprint density at radius 1 is 1.23 bits per heavy atom. The standard InChI is InChI=1S/C16H21F3N2O/c1-11(12-6-3-2-4-7-12)20-15(22)21-14-9-5-8-13(10-14)16(17,18)19/h2-4,6-7,11,13-14H,5,8-10H2,1H3,(H2,20,21,22). The van der Waals surface area contributed by atoms with E-state index in [0.717, 1.165) is 5.56 Å². The molecule has 2 N–H and O–H groups in total. The van der Waals surface area contributed by atoms with Gasteiger partial charge in [-0.15, -0.1) is 0 Å². The van der Waals surface area contributed by atoms with Crippen molar-refractivity contribution in [2.45, 2.75) is 50.9 Å². The Bertz CT molecular complexity index is 490. The smallest absolute Gasteiger partial charge is 0.335 e. The molecule has 3 atom stereocenters. The van der Waals surface area contributed by atoms with Gasteiger partial charge in [0.2, 0.25) is 0 Å². The highest BCUT2D eigenvalue weighted by Gasteiger charge is 2.42. The molecule has 1 aliphatic carbocycles. The van der Waals surface area contributed by atoms with Gasteiger partial charge in [-0.25, -0.2) is 4.79 Å². The molecule has 3 unspecified atom stereocenters. The lowest BCUT2D eigenvalue weighted by Gasteiger charge is -2.31. The van der Waals surface area contributed by atoms with Crippen LogP contribution in [-0.4, -0.2) is 18.2 Å². The molecular formula is C16H21F3N2O. The third kappa shape index (κ3) is 4.64. The number of rotatable bonds is 3. The minimum atomic E-state index is -4.17. The summed E-state index contributed by atoms with van der Waals surface area (Å²) in [5.41, 5.74) is 0.953. The lowest BCUT2D eigenvalue weighted by Crippen LogP contribution is -2.46. The van der Waals surface area contributed by atoms with Gasteiger partial charge in [-0.05, 0) is 31.7 Å². The fraction of sp³-hybridized carbons (Fsp3) is 0.562. The molecule has 0 bridgehead atoms. The van der Waals surface area contributed by atoms with Crippen molar-refractivity contribution in [2.75, 3.05) is 0 Å². The van der Waals surface area contributed by atoms with Crippen molar-refractivity contribution in [1.29, 1.82) is 0 Å². The average molecular weight is 314 g/mol. The van der Waals surface area contributed by atoms with Crippen LogP contribution in [0, 0.1) is 5.92 Å². The zero-order chi connectivity index (χ0) is 16.2. The molecule has 0 aliphatic heterocycles. The number of carbonyl (C=O) groups is 1. The quantitative estimate of drug-likeness (QED) is 0.864. The van der Waals surface area contributed by atoms with Crippen LogP contribution in [-0.2, 0) is 0 Å². The minimum Gasteiger partial charge on any atom is -0.335 e. The van der Waals surface area contributed by atoms with Crippen LogP contribution in [0.25, 0.3) is 0 Å². The van der Waals surface area contributed by atoms with Crippen LogP contribution < -0.4 is 10.6 Å². The van der Waals surface area contributed by atoms with E-state index in [4.69, 9.17) is 0 Å². The number of hydrogen-bond acceptors (Lipinski definition) is 1. The van der Waals surface area contributed by atoms with E-state index in [2.05, 4.69) is 10.6 Å². The molecule has 0 aromatic heterocycles. The maximum absolute atomic E-state index is 12.8. The van der Waals surface area contributed by atoms with Crippen LogP contribution in [0.1, 0.15) is 44.2 Å². The van der Waals surface area contributed by atoms with E-state index in [1.165, 1.54) is 0 Å². The zero-order valence-electron chi connectivity index (χ0n) is 12.5. The molecule has 2 rings (SSSR count). The second kappa shape index (κ2) is 7.03. The molecule has 1 aromatic rings. The van der Waals surface area contributed by atoms with E-state index >= 15 is 0 Å². The van der Waals surface area contributed by atoms with Crippen molar-refractivity contribution in [2.24, 2.45) is 5.92 Å². The highest BCUT2D eigenvalue weighted by atomic mass is 19.4. The van der Waals surface area contributed by atoms with Gasteiger partial charge in [-0.2, -0.15) is 13.2 Å². The zero-order valence-corrected chi connectivity index (χ0v) is 12.5. The van der Waals surface area contributed by atoms with Gasteiger partial charge in [0.15, 0.2) is 0 Å². The van der Waals surface area contributed by atoms with Gasteiger partial charge in [0.05, 0.1) is 12.0 Å². The predicted molar refractivity (Wildman–Crippen MR) is 78.3 cm³/mol. The highest BCUT2D eigenvalue weighted by molar-refractivity contribution is 5.74. The molecule has 3 nitrogen and oxygen atoms in total. The summed E-state index contributed by atoms with van der Waals surface area (Å²) < 4.78 is 38.3. The van der Waals surface area contributed by atoms with Gasteiger partial charge >= 0.3 is 12.2 Å². The third-order valence-corrected chi connectivity index (χ3v) is 4.12. The number of carbonyl (C=O) groups excluding carboxylic acids is 1. The SMILES string of the molecule is CC(NC(=O)NC1CCCC(C(F)(F)F)C1)c1ccccc1. The van der Waals surface area contributed by atoms with Crippen LogP contribution in [0.4, 0.5) is 18.0 Å². The van der Waals surface area contributed by atoms with E-state index in [0.29, 0.717) is 12.8 Å². The van der Waals surface area contributed by atoms with Crippen molar-refractivity contribution in [3.63, 3.8) is 0 Å². The Kier molecular flexibility index (Phi) is 5.32. The van der Waals surface area contributed by atoms with E-state index < -0.39 is 24.2 Å². The summed E-state index contributed by atoms with van der Waals surface area (Å²) in [6.07, 6.45) is -2.96. The number of nitrogens with one attached hydrogen (secondary N) is 2. The molecule has 122 valence electrons. The lowest BCUT2D eigenvalue weighted by molar-refractivity contribution is -0.183. The monoisotopic (exact) mass is 314 g/mol. The molecule has 1 fully saturated rings. The fourth-order valence-corrected chi connectivity index (χ4v) is 2.87. The molecular weight excluding hydrogens is 293 g/mol. The minimum absolute atomic E-state index is 0.0311. The first-order chi connectivity index (χ1) is 10.4. The summed E-state index contributed by atoms with van der Waals surface area (Å²) in [4.78, 5) is 11.9. The molecule has 0 spiro atoms. The van der Waals surface area contributed by atoms with Crippen LogP contribution in [0.15, 0.2) is 30.3 Å². The van der Waals surface area contributed by atoms with Gasteiger partial charge in [-0.3, -0.25) is 0 Å². The number of benzene rings is 1. The van der Waals surface area contributed by atoms with Crippen molar-refractivity contribution in [3.05, 3.63) is 35.9 Å². The van der Waals surface area contributed by atoms with Gasteiger partial charge in [0.25, 0.3) is 0 Å². The summed E-state index contributed by atoms with van der Waals surface area (Å²) in [5.74, 6) is -1.31. The summed E-state index contributed by atoms with van der Waals surface area (Å²) in [5, 5.41) is 5.44. The molecule has 1 aromatic carbocycles. The maximum Gasteiger partial charge on any atom is 0.391 e. The van der Waals surface area contributed by atoms with Gasteiger partial charge in [0.1, 0.15) is 0 Å². The molecule has 0 heterocycles. The summed E-state index contributed by atoms with van der Waals surface area (Å²) in [6.45, 7) is 1.84. The summed E-state index contributed by atoms with van der Waals surface area (Å²) in [6, 6.07) is 8.41. The van der Waals surface area contributed by atoms with E-state index in [9.17, 15) is 18.0 Å². The number of hydrogen-bond donors (Lipinski definition) is 2. The van der Waals surface area contributed by atoms with Crippen molar-refractivity contribution in [3.8, 4) is 0 Å². The van der Waals surface area contributed by atoms with E-state index in [1.54, 1.807) is 0 Å². The number of urea groups is 1. The summed E-state index contributed by atoms with van der Waals surface area (Å²) >= 11 is 0. The molecule has 22 heavy (non-hydrogen) atoms. The Balaban J connectivity index is 1.84. The van der Waals surface area contributed by atoms with Crippen LogP contribution in [0.2, 0.25) is 0 Å². The largest absolute Gasteiger partial charge is 0.391 e. The topological polar surface area (TPSA) is 41.1 Å². The number of halogens is 3. The maximum atomic E-state index is 12.8. The van der Waals surface area contributed by atoms with Crippen molar-refractivity contribution in [1.82, 2.24) is 10.6 Å². The van der Waals surface area contributed by atoms with Crippen LogP contribution >= 0.6 is 0 Å². The first-order valence-electron chi connectivity index (χ1n) is 7.55. The van der Waals surface area contributed by atoms with Gasteiger partial charge < -0.3 is 10.6 Å². The molecule has 2 amide bonds. The average Bonchev–Trinajstić information content (AvgIpc) is 2.47. The summed E-state index contributed by atoms with van der Waals surface area (Å²) in [7, 11) is 0. The molecule has 0 saturated heterocycles. The Hall–Kier alpha value is -1.72. The normalized spacial score (nSPS) is 23.6. The molecule has 6 heteroatoms. The van der Waals surface area contributed by atoms with Crippen LogP contribution in [0.5, 0.6) is 0 Å². The highest BCUT2D eigenvalue weighted by Crippen LogP contribution is 2.37. The van der Waals surface area contributed by atoms with E-state index in [-0.39, 0.29) is 18.9 Å². The Morgan fingerprint density at radius 3 is 2.55 bits per heavy atom. The van der Waals surface area contributed by atoms with Gasteiger partial charge in [0, 0.05) is 6.04 Å². The second-order valence-corrected chi connectivity index (χ2v) is 5.85. The fourth-order valence-electron chi connectivity index (χ4n) is 2.87. The van der Waals surface area contributed by atoms with E-state index in [1.807, 2.05) is 37.3 Å². The van der Waals surface area contributed by atoms with Gasteiger partial charge in [-0.1, -0.05) is 36.8 Å². The number of amides is 2. The molecule has 1 saturated carbocycles. The van der Waals surface area contributed by atoms with Crippen molar-refractivity contribution < 1.29 is 18.0 Å². The molecule has 0 radical (unpaired) electrons. The first kappa shape index (κ1) is 16.6. The molecule has 1 aliphatic rings. The second-order valence-electron chi connectivity index (χ2n) is 5.85. The third-order valence-electron chi connectivity index (χ3n) is 4.12. The first-order valence-corrected chi connectivity index (χ1v) is 7.55. The lowest BCUT2D eigenvalue weighted by atomic mass is 9.85. The number of alkyl halides is 3.